The van der Waals surface area contributed by atoms with Crippen LogP contribution in [0.2, 0.25) is 0 Å². The van der Waals surface area contributed by atoms with Crippen LogP contribution in [0.4, 0.5) is 0 Å². The number of thiophene rings is 1. The maximum Gasteiger partial charge on any atom is 0.00512 e. The lowest BCUT2D eigenvalue weighted by Crippen LogP contribution is -2.36. The van der Waals surface area contributed by atoms with E-state index in [2.05, 4.69) is 43.6 Å². The molecule has 0 amide bonds. The maximum atomic E-state index is 3.65. The van der Waals surface area contributed by atoms with Crippen molar-refractivity contribution in [1.82, 2.24) is 5.32 Å². The van der Waals surface area contributed by atoms with Gasteiger partial charge in [-0.25, -0.2) is 0 Å². The average Bonchev–Trinajstić information content (AvgIpc) is 2.89. The average molecular weight is 267 g/mol. The molecule has 0 spiro atoms. The molecule has 1 rings (SSSR count). The minimum atomic E-state index is 0.468. The normalized spacial score (nSPS) is 14.6. The van der Waals surface area contributed by atoms with Crippen molar-refractivity contribution in [3.05, 3.63) is 22.4 Å². The zero-order chi connectivity index (χ0) is 13.3. The summed E-state index contributed by atoms with van der Waals surface area (Å²) >= 11 is 1.91. The van der Waals surface area contributed by atoms with E-state index < -0.39 is 0 Å². The number of rotatable bonds is 10. The Hall–Kier alpha value is -0.340. The third kappa shape index (κ3) is 5.11. The first-order valence-electron chi connectivity index (χ1n) is 7.49. The van der Waals surface area contributed by atoms with Gasteiger partial charge in [-0.05, 0) is 49.1 Å². The Bertz CT molecular complexity index is 294. The molecule has 0 aliphatic carbocycles. The van der Waals surface area contributed by atoms with Crippen LogP contribution in [-0.2, 0) is 6.42 Å². The molecule has 1 aromatic heterocycles. The van der Waals surface area contributed by atoms with E-state index in [1.165, 1.54) is 45.1 Å². The second-order valence-electron chi connectivity index (χ2n) is 5.39. The third-order valence-corrected chi connectivity index (χ3v) is 4.74. The topological polar surface area (TPSA) is 12.0 Å². The highest BCUT2D eigenvalue weighted by atomic mass is 32.1. The quantitative estimate of drug-likeness (QED) is 0.596. The van der Waals surface area contributed by atoms with Gasteiger partial charge in [-0.3, -0.25) is 0 Å². The van der Waals surface area contributed by atoms with Gasteiger partial charge in [0.2, 0.25) is 0 Å². The molecule has 1 unspecified atom stereocenters. The molecule has 0 radical (unpaired) electrons. The molecule has 1 N–H and O–H groups in total. The molecule has 1 atom stereocenters. The van der Waals surface area contributed by atoms with Gasteiger partial charge in [0.25, 0.3) is 0 Å². The summed E-state index contributed by atoms with van der Waals surface area (Å²) in [5.74, 6) is 0. The lowest BCUT2D eigenvalue weighted by molar-refractivity contribution is 0.231. The summed E-state index contributed by atoms with van der Waals surface area (Å²) in [7, 11) is 0. The Balaban J connectivity index is 2.63. The van der Waals surface area contributed by atoms with Crippen LogP contribution in [0.15, 0.2) is 17.5 Å². The first-order chi connectivity index (χ1) is 8.76. The Morgan fingerprint density at radius 1 is 1.22 bits per heavy atom. The van der Waals surface area contributed by atoms with Gasteiger partial charge in [0.05, 0.1) is 0 Å². The molecule has 0 aromatic carbocycles. The van der Waals surface area contributed by atoms with Crippen molar-refractivity contribution in [3.63, 3.8) is 0 Å². The van der Waals surface area contributed by atoms with Crippen LogP contribution in [0, 0.1) is 5.41 Å². The number of unbranched alkanes of at least 4 members (excludes halogenated alkanes) is 1. The molecular weight excluding hydrogens is 238 g/mol. The smallest absolute Gasteiger partial charge is 0.00512 e. The van der Waals surface area contributed by atoms with Crippen molar-refractivity contribution in [2.45, 2.75) is 59.3 Å². The third-order valence-electron chi connectivity index (χ3n) is 3.87. The van der Waals surface area contributed by atoms with Gasteiger partial charge >= 0.3 is 0 Å². The molecule has 0 saturated heterocycles. The summed E-state index contributed by atoms with van der Waals surface area (Å²) in [5, 5.41) is 5.86. The van der Waals surface area contributed by atoms with Gasteiger partial charge in [0.15, 0.2) is 0 Å². The summed E-state index contributed by atoms with van der Waals surface area (Å²) in [6, 6.07) is 4.47. The van der Waals surface area contributed by atoms with Crippen molar-refractivity contribution >= 4 is 11.3 Å². The van der Waals surface area contributed by atoms with E-state index in [-0.39, 0.29) is 0 Å². The lowest BCUT2D eigenvalue weighted by Gasteiger charge is -2.33. The highest BCUT2D eigenvalue weighted by molar-refractivity contribution is 7.09. The van der Waals surface area contributed by atoms with E-state index in [9.17, 15) is 0 Å². The van der Waals surface area contributed by atoms with E-state index in [1.807, 2.05) is 11.3 Å². The van der Waals surface area contributed by atoms with Gasteiger partial charge in [-0.1, -0.05) is 39.7 Å². The molecular formula is C16H29NS. The lowest BCUT2D eigenvalue weighted by atomic mass is 9.76. The molecule has 1 aromatic rings. The van der Waals surface area contributed by atoms with Crippen LogP contribution in [0.5, 0.6) is 0 Å². The highest BCUT2D eigenvalue weighted by Crippen LogP contribution is 2.33. The summed E-state index contributed by atoms with van der Waals surface area (Å²) < 4.78 is 0. The van der Waals surface area contributed by atoms with Crippen LogP contribution >= 0.6 is 11.3 Å². The molecule has 2 heteroatoms. The van der Waals surface area contributed by atoms with Gasteiger partial charge in [0, 0.05) is 11.4 Å². The molecule has 0 fully saturated rings. The minimum Gasteiger partial charge on any atom is -0.316 e. The molecule has 104 valence electrons. The fraction of sp³-hybridized carbons (Fsp3) is 0.750. The first-order valence-corrected chi connectivity index (χ1v) is 8.37. The maximum absolute atomic E-state index is 3.65. The molecule has 0 aliphatic heterocycles. The molecule has 1 heterocycles. The van der Waals surface area contributed by atoms with Crippen LogP contribution in [-0.4, -0.2) is 13.1 Å². The van der Waals surface area contributed by atoms with Crippen LogP contribution in [0.1, 0.15) is 57.8 Å². The summed E-state index contributed by atoms with van der Waals surface area (Å²) in [4.78, 5) is 1.55. The van der Waals surface area contributed by atoms with E-state index >= 15 is 0 Å². The second-order valence-corrected chi connectivity index (χ2v) is 6.42. The van der Waals surface area contributed by atoms with Crippen LogP contribution in [0.25, 0.3) is 0 Å². The van der Waals surface area contributed by atoms with Gasteiger partial charge in [-0.15, -0.1) is 11.3 Å². The van der Waals surface area contributed by atoms with Crippen molar-refractivity contribution < 1.29 is 0 Å². The van der Waals surface area contributed by atoms with E-state index in [4.69, 9.17) is 0 Å². The monoisotopic (exact) mass is 267 g/mol. The van der Waals surface area contributed by atoms with Crippen molar-refractivity contribution in [2.75, 3.05) is 13.1 Å². The van der Waals surface area contributed by atoms with Crippen molar-refractivity contribution in [1.29, 1.82) is 0 Å². The highest BCUT2D eigenvalue weighted by Gasteiger charge is 2.27. The second kappa shape index (κ2) is 8.71. The van der Waals surface area contributed by atoms with Gasteiger partial charge in [-0.2, -0.15) is 0 Å². The fourth-order valence-electron chi connectivity index (χ4n) is 2.53. The summed E-state index contributed by atoms with van der Waals surface area (Å²) in [6.45, 7) is 9.22. The fourth-order valence-corrected chi connectivity index (χ4v) is 3.41. The first kappa shape index (κ1) is 15.7. The number of hydrogen-bond donors (Lipinski definition) is 1. The predicted molar refractivity (Wildman–Crippen MR) is 83.4 cm³/mol. The Kier molecular flexibility index (Phi) is 7.60. The van der Waals surface area contributed by atoms with Gasteiger partial charge < -0.3 is 5.32 Å². The van der Waals surface area contributed by atoms with E-state index in [0.29, 0.717) is 5.41 Å². The zero-order valence-corrected chi connectivity index (χ0v) is 13.1. The summed E-state index contributed by atoms with van der Waals surface area (Å²) in [6.07, 6.45) is 7.77. The van der Waals surface area contributed by atoms with E-state index in [1.54, 1.807) is 4.88 Å². The molecule has 0 saturated carbocycles. The van der Waals surface area contributed by atoms with Crippen LogP contribution in [0.3, 0.4) is 0 Å². The van der Waals surface area contributed by atoms with Crippen LogP contribution < -0.4 is 5.32 Å². The number of nitrogens with one attached hydrogen (secondary N) is 1. The zero-order valence-electron chi connectivity index (χ0n) is 12.3. The standard InChI is InChI=1S/C16H29NS/c1-4-7-10-16(6-3,14-17-11-5-2)13-15-9-8-12-18-15/h8-9,12,17H,4-7,10-11,13-14H2,1-3H3. The van der Waals surface area contributed by atoms with E-state index in [0.717, 1.165) is 6.54 Å². The summed E-state index contributed by atoms with van der Waals surface area (Å²) in [5.41, 5.74) is 0.468. The predicted octanol–water partition coefficient (Wildman–Crippen LogP) is 4.88. The van der Waals surface area contributed by atoms with Crippen molar-refractivity contribution in [3.8, 4) is 0 Å². The Morgan fingerprint density at radius 2 is 2.06 bits per heavy atom. The minimum absolute atomic E-state index is 0.468. The molecule has 18 heavy (non-hydrogen) atoms. The number of hydrogen-bond acceptors (Lipinski definition) is 2. The molecule has 0 bridgehead atoms. The Labute approximate surface area is 117 Å². The molecule has 0 aliphatic rings. The largest absolute Gasteiger partial charge is 0.316 e. The van der Waals surface area contributed by atoms with Gasteiger partial charge in [0.1, 0.15) is 0 Å². The Morgan fingerprint density at radius 3 is 2.61 bits per heavy atom. The molecule has 1 nitrogen and oxygen atoms in total. The van der Waals surface area contributed by atoms with Crippen molar-refractivity contribution in [2.24, 2.45) is 5.41 Å². The SMILES string of the molecule is CCCCC(CC)(CNCCC)Cc1cccs1.